The Hall–Kier alpha value is -0.970. The molecule has 0 bridgehead atoms. The lowest BCUT2D eigenvalue weighted by Gasteiger charge is -2.16. The fraction of sp³-hybridized carbons (Fsp3) is 0.750. The minimum absolute atomic E-state index is 0.674. The lowest BCUT2D eigenvalue weighted by molar-refractivity contribution is 0.815. The summed E-state index contributed by atoms with van der Waals surface area (Å²) in [5.41, 5.74) is 1.13. The maximum atomic E-state index is 4.68. The maximum absolute atomic E-state index is 4.68. The van der Waals surface area contributed by atoms with Crippen LogP contribution in [0.15, 0.2) is 0 Å². The molecule has 1 unspecified atom stereocenters. The third-order valence-corrected chi connectivity index (χ3v) is 4.49. The molecule has 0 fully saturated rings. The summed E-state index contributed by atoms with van der Waals surface area (Å²) < 4.78 is 0. The first kappa shape index (κ1) is 18.1. The van der Waals surface area contributed by atoms with Crippen LogP contribution >= 0.6 is 11.8 Å². The van der Waals surface area contributed by atoms with Crippen LogP contribution in [0, 0.1) is 6.92 Å². The monoisotopic (exact) mass is 310 g/mol. The average Bonchev–Trinajstić information content (AvgIpc) is 2.48. The van der Waals surface area contributed by atoms with Crippen LogP contribution in [-0.2, 0) is 6.42 Å². The van der Waals surface area contributed by atoms with Crippen LogP contribution in [0.2, 0.25) is 0 Å². The number of aromatic nitrogens is 2. The van der Waals surface area contributed by atoms with Crippen molar-refractivity contribution in [3.8, 4) is 0 Å². The molecule has 5 heteroatoms. The molecule has 1 heterocycles. The normalized spacial score (nSPS) is 12.2. The van der Waals surface area contributed by atoms with Gasteiger partial charge in [-0.3, -0.25) is 0 Å². The quantitative estimate of drug-likeness (QED) is 0.681. The summed E-state index contributed by atoms with van der Waals surface area (Å²) >= 11 is 1.90. The molecular formula is C16H30N4S. The van der Waals surface area contributed by atoms with Gasteiger partial charge in [0.1, 0.15) is 17.5 Å². The van der Waals surface area contributed by atoms with E-state index in [-0.39, 0.29) is 0 Å². The van der Waals surface area contributed by atoms with Gasteiger partial charge in [0.2, 0.25) is 0 Å². The number of aryl methyl sites for hydroxylation is 1. The van der Waals surface area contributed by atoms with Crippen molar-refractivity contribution >= 4 is 23.4 Å². The molecule has 1 rings (SSSR count). The van der Waals surface area contributed by atoms with Crippen molar-refractivity contribution < 1.29 is 0 Å². The zero-order valence-corrected chi connectivity index (χ0v) is 14.9. The molecule has 0 aliphatic rings. The van der Waals surface area contributed by atoms with Crippen LogP contribution in [0.25, 0.3) is 0 Å². The van der Waals surface area contributed by atoms with E-state index in [1.807, 2.05) is 11.8 Å². The SMILES string of the molecule is CCCNc1nc(CCC)nc(NCCC(C)SC)c1C. The predicted molar refractivity (Wildman–Crippen MR) is 95.6 cm³/mol. The molecule has 120 valence electrons. The Balaban J connectivity index is 2.81. The summed E-state index contributed by atoms with van der Waals surface area (Å²) in [5, 5.41) is 7.58. The first-order valence-electron chi connectivity index (χ1n) is 8.00. The molecule has 4 nitrogen and oxygen atoms in total. The first-order chi connectivity index (χ1) is 10.1. The largest absolute Gasteiger partial charge is 0.370 e. The number of nitrogens with one attached hydrogen (secondary N) is 2. The second kappa shape index (κ2) is 9.87. The van der Waals surface area contributed by atoms with Gasteiger partial charge in [-0.15, -0.1) is 0 Å². The molecule has 21 heavy (non-hydrogen) atoms. The van der Waals surface area contributed by atoms with Gasteiger partial charge in [0, 0.05) is 30.3 Å². The van der Waals surface area contributed by atoms with Crippen molar-refractivity contribution in [3.05, 3.63) is 11.4 Å². The van der Waals surface area contributed by atoms with Gasteiger partial charge in [0.05, 0.1) is 0 Å². The molecule has 1 aromatic rings. The Morgan fingerprint density at radius 1 is 1.05 bits per heavy atom. The summed E-state index contributed by atoms with van der Waals surface area (Å²) in [6.07, 6.45) is 6.40. The average molecular weight is 311 g/mol. The Morgan fingerprint density at radius 2 is 1.67 bits per heavy atom. The van der Waals surface area contributed by atoms with E-state index in [4.69, 9.17) is 0 Å². The molecule has 0 aliphatic carbocycles. The van der Waals surface area contributed by atoms with Gasteiger partial charge in [-0.2, -0.15) is 11.8 Å². The number of hydrogen-bond acceptors (Lipinski definition) is 5. The zero-order chi connectivity index (χ0) is 15.7. The Morgan fingerprint density at radius 3 is 2.19 bits per heavy atom. The van der Waals surface area contributed by atoms with Gasteiger partial charge in [-0.25, -0.2) is 9.97 Å². The van der Waals surface area contributed by atoms with Crippen molar-refractivity contribution in [1.29, 1.82) is 0 Å². The molecule has 0 amide bonds. The topological polar surface area (TPSA) is 49.8 Å². The predicted octanol–water partition coefficient (Wildman–Crippen LogP) is 4.11. The van der Waals surface area contributed by atoms with Crippen LogP contribution in [0.5, 0.6) is 0 Å². The van der Waals surface area contributed by atoms with E-state index in [0.29, 0.717) is 5.25 Å². The highest BCUT2D eigenvalue weighted by molar-refractivity contribution is 7.99. The number of thioether (sulfide) groups is 1. The molecule has 1 aromatic heterocycles. The van der Waals surface area contributed by atoms with E-state index >= 15 is 0 Å². The number of hydrogen-bond donors (Lipinski definition) is 2. The highest BCUT2D eigenvalue weighted by Crippen LogP contribution is 2.21. The number of anilines is 2. The molecule has 2 N–H and O–H groups in total. The van der Waals surface area contributed by atoms with Gasteiger partial charge in [0.25, 0.3) is 0 Å². The van der Waals surface area contributed by atoms with E-state index in [1.165, 1.54) is 0 Å². The summed E-state index contributed by atoms with van der Waals surface area (Å²) in [6, 6.07) is 0. The smallest absolute Gasteiger partial charge is 0.134 e. The highest BCUT2D eigenvalue weighted by atomic mass is 32.2. The van der Waals surface area contributed by atoms with Crippen LogP contribution in [0.3, 0.4) is 0 Å². The molecule has 1 atom stereocenters. The standard InChI is InChI=1S/C16H30N4S/c1-6-8-14-19-15(17-10-7-2)13(4)16(20-14)18-11-9-12(3)21-5/h12H,6-11H2,1-5H3,(H2,17,18,19,20). The third kappa shape index (κ3) is 6.12. The van der Waals surface area contributed by atoms with Crippen molar-refractivity contribution in [2.24, 2.45) is 0 Å². The minimum atomic E-state index is 0.674. The first-order valence-corrected chi connectivity index (χ1v) is 9.29. The van der Waals surface area contributed by atoms with Gasteiger partial charge < -0.3 is 10.6 Å². The van der Waals surface area contributed by atoms with Crippen LogP contribution in [0.1, 0.15) is 51.4 Å². The summed E-state index contributed by atoms with van der Waals surface area (Å²) in [5.74, 6) is 2.90. The molecule has 0 radical (unpaired) electrons. The van der Waals surface area contributed by atoms with Gasteiger partial charge in [0.15, 0.2) is 0 Å². The molecule has 0 aliphatic heterocycles. The fourth-order valence-corrected chi connectivity index (χ4v) is 2.35. The van der Waals surface area contributed by atoms with Gasteiger partial charge in [-0.05, 0) is 32.4 Å². The summed E-state index contributed by atoms with van der Waals surface area (Å²) in [6.45, 7) is 10.6. The molecule has 0 aromatic carbocycles. The lowest BCUT2D eigenvalue weighted by Crippen LogP contribution is -2.14. The van der Waals surface area contributed by atoms with Crippen molar-refractivity contribution in [2.45, 2.75) is 58.6 Å². The third-order valence-electron chi connectivity index (χ3n) is 3.45. The molecule has 0 saturated carbocycles. The van der Waals surface area contributed by atoms with E-state index in [1.54, 1.807) is 0 Å². The fourth-order valence-electron chi connectivity index (χ4n) is 2.00. The lowest BCUT2D eigenvalue weighted by atomic mass is 10.2. The van der Waals surface area contributed by atoms with Crippen LogP contribution in [-0.4, -0.2) is 34.6 Å². The van der Waals surface area contributed by atoms with E-state index in [9.17, 15) is 0 Å². The van der Waals surface area contributed by atoms with E-state index in [2.05, 4.69) is 54.6 Å². The summed E-state index contributed by atoms with van der Waals surface area (Å²) in [7, 11) is 0. The maximum Gasteiger partial charge on any atom is 0.134 e. The zero-order valence-electron chi connectivity index (χ0n) is 14.1. The minimum Gasteiger partial charge on any atom is -0.370 e. The number of rotatable bonds is 10. The number of nitrogens with zero attached hydrogens (tertiary/aromatic N) is 2. The highest BCUT2D eigenvalue weighted by Gasteiger charge is 2.10. The van der Waals surface area contributed by atoms with Crippen molar-refractivity contribution in [1.82, 2.24) is 9.97 Å². The second-order valence-corrected chi connectivity index (χ2v) is 6.68. The van der Waals surface area contributed by atoms with E-state index in [0.717, 1.165) is 61.8 Å². The second-order valence-electron chi connectivity index (χ2n) is 5.40. The van der Waals surface area contributed by atoms with Crippen molar-refractivity contribution in [2.75, 3.05) is 30.0 Å². The molecule has 0 saturated heterocycles. The molecular weight excluding hydrogens is 280 g/mol. The summed E-state index contributed by atoms with van der Waals surface area (Å²) in [4.78, 5) is 9.34. The Labute approximate surface area is 133 Å². The Kier molecular flexibility index (Phi) is 8.50. The van der Waals surface area contributed by atoms with Crippen molar-refractivity contribution in [3.63, 3.8) is 0 Å². The van der Waals surface area contributed by atoms with Gasteiger partial charge >= 0.3 is 0 Å². The van der Waals surface area contributed by atoms with Gasteiger partial charge in [-0.1, -0.05) is 20.8 Å². The molecule has 0 spiro atoms. The Bertz CT molecular complexity index is 423. The van der Waals surface area contributed by atoms with E-state index < -0.39 is 0 Å². The van der Waals surface area contributed by atoms with Crippen LogP contribution < -0.4 is 10.6 Å². The van der Waals surface area contributed by atoms with Crippen LogP contribution in [0.4, 0.5) is 11.6 Å².